The zero-order chi connectivity index (χ0) is 45.7. The topological polar surface area (TPSA) is 55.4 Å². The molecule has 0 unspecified atom stereocenters. The van der Waals surface area contributed by atoms with Gasteiger partial charge in [0, 0.05) is 11.8 Å². The second-order valence-corrected chi connectivity index (χ2v) is 18.4. The van der Waals surface area contributed by atoms with Crippen molar-refractivity contribution in [3.05, 3.63) is 179 Å². The van der Waals surface area contributed by atoms with Crippen LogP contribution in [0, 0.1) is 0 Å². The molecule has 0 aromatic heterocycles. The van der Waals surface area contributed by atoms with Crippen LogP contribution in [0.2, 0.25) is 0 Å². The van der Waals surface area contributed by atoms with Crippen molar-refractivity contribution in [1.82, 2.24) is 0 Å². The first kappa shape index (κ1) is 39.0. The second kappa shape index (κ2) is 14.1. The van der Waals surface area contributed by atoms with E-state index in [-0.39, 0.29) is 11.8 Å². The summed E-state index contributed by atoms with van der Waals surface area (Å²) in [6.45, 7) is 0. The molecule has 0 heterocycles. The summed E-state index contributed by atoms with van der Waals surface area (Å²) in [5.41, 5.74) is 7.92. The highest BCUT2D eigenvalue weighted by Crippen LogP contribution is 2.60. The van der Waals surface area contributed by atoms with E-state index in [2.05, 4.69) is 146 Å². The van der Waals surface area contributed by atoms with Gasteiger partial charge in [0.15, 0.2) is 0 Å². The highest BCUT2D eigenvalue weighted by molar-refractivity contribution is 6.29. The van der Waals surface area contributed by atoms with Gasteiger partial charge in [-0.15, -0.1) is 0 Å². The molecule has 0 atom stereocenters. The van der Waals surface area contributed by atoms with Gasteiger partial charge in [-0.25, -0.2) is 0 Å². The lowest BCUT2D eigenvalue weighted by Gasteiger charge is -2.43. The van der Waals surface area contributed by atoms with Gasteiger partial charge in [0.05, 0.1) is 42.7 Å². The predicted molar refractivity (Wildman–Crippen MR) is 278 cm³/mol. The summed E-state index contributed by atoms with van der Waals surface area (Å²) in [4.78, 5) is 0. The summed E-state index contributed by atoms with van der Waals surface area (Å²) in [5.74, 6) is 4.82. The highest BCUT2D eigenvalue weighted by atomic mass is 16.5. The Morgan fingerprint density at radius 1 is 0.191 bits per heavy atom. The van der Waals surface area contributed by atoms with Crippen LogP contribution >= 0.6 is 0 Å². The number of fused-ring (bicyclic) bond motifs is 18. The maximum atomic E-state index is 5.90. The second-order valence-electron chi connectivity index (χ2n) is 18.4. The molecule has 3 aliphatic carbocycles. The van der Waals surface area contributed by atoms with Crippen LogP contribution in [0.25, 0.3) is 97.0 Å². The number of hydrogen-bond acceptors (Lipinski definition) is 6. The monoisotopic (exact) mass is 884 g/mol. The molecule has 0 N–H and O–H groups in total. The Morgan fingerprint density at radius 2 is 0.338 bits per heavy atom. The molecule has 68 heavy (non-hydrogen) atoms. The summed E-state index contributed by atoms with van der Waals surface area (Å²) in [7, 11) is 10.5. The average Bonchev–Trinajstić information content (AvgIpc) is 3.40. The SMILES string of the molecule is COc1ccc2c3ccc(OC)cc3c3cc4c(cc3c2c1)C1c2cc3c5cc(OC)ccc5c5ccc(OC)cc5c3cc2C4c2cc3c4cc(OC)ccc4c4ccc(OC)cc4c3cc21. The van der Waals surface area contributed by atoms with Crippen molar-refractivity contribution in [3.63, 3.8) is 0 Å². The van der Waals surface area contributed by atoms with Crippen LogP contribution in [0.1, 0.15) is 45.2 Å². The average molecular weight is 885 g/mol. The minimum atomic E-state index is -0.0804. The van der Waals surface area contributed by atoms with E-state index in [0.29, 0.717) is 0 Å². The molecule has 3 aliphatic rings. The number of rotatable bonds is 6. The fourth-order valence-electron chi connectivity index (χ4n) is 12.4. The Morgan fingerprint density at radius 3 is 0.485 bits per heavy atom. The number of methoxy groups -OCH3 is 6. The third-order valence-corrected chi connectivity index (χ3v) is 15.5. The van der Waals surface area contributed by atoms with Crippen molar-refractivity contribution in [3.8, 4) is 34.5 Å². The molecule has 6 nitrogen and oxygen atoms in total. The number of ether oxygens (including phenoxy) is 6. The van der Waals surface area contributed by atoms with E-state index >= 15 is 0 Å². The van der Waals surface area contributed by atoms with Crippen LogP contribution < -0.4 is 28.4 Å². The molecule has 0 fully saturated rings. The van der Waals surface area contributed by atoms with Crippen LogP contribution in [0.5, 0.6) is 34.5 Å². The van der Waals surface area contributed by atoms with Gasteiger partial charge >= 0.3 is 0 Å². The van der Waals surface area contributed by atoms with Gasteiger partial charge in [-0.3, -0.25) is 0 Å². The molecule has 0 spiro atoms. The summed E-state index contributed by atoms with van der Waals surface area (Å²) in [6.07, 6.45) is 0. The maximum absolute atomic E-state index is 5.90. The maximum Gasteiger partial charge on any atom is 0.119 e. The molecular formula is C62H44O6. The lowest BCUT2D eigenvalue weighted by molar-refractivity contribution is 0.415. The lowest BCUT2D eigenvalue weighted by atomic mass is 9.59. The van der Waals surface area contributed by atoms with Crippen LogP contribution in [-0.4, -0.2) is 42.7 Å². The van der Waals surface area contributed by atoms with E-state index in [0.717, 1.165) is 66.8 Å². The first-order chi connectivity index (χ1) is 33.4. The third-order valence-electron chi connectivity index (χ3n) is 15.5. The molecule has 0 radical (unpaired) electrons. The van der Waals surface area contributed by atoms with Crippen molar-refractivity contribution in [2.75, 3.05) is 42.7 Å². The standard InChI is InChI=1S/C62H44O6/c1-63-31-7-13-37-38-14-8-32(64-2)20-44(38)50-26-56-55(25-49(50)43(37)19-31)61-57-27-51-45-21-33(65-3)9-15-39(45)41-17-11-35(67-5)23-47(41)53(51)29-59(57)62(56)60-30-54-48-24-36(68-6)12-18-42(48)40-16-10-34(66-4)22-46(40)52(54)28-58(60)61/h7-30,61-62H,1-6H3. The molecular weight excluding hydrogens is 841 g/mol. The highest BCUT2D eigenvalue weighted by Gasteiger charge is 2.43. The molecule has 12 aromatic rings. The van der Waals surface area contributed by atoms with Gasteiger partial charge in [0.2, 0.25) is 0 Å². The first-order valence-corrected chi connectivity index (χ1v) is 23.0. The molecule has 0 amide bonds. The van der Waals surface area contributed by atoms with Gasteiger partial charge in [-0.05, 0) is 240 Å². The van der Waals surface area contributed by atoms with Gasteiger partial charge < -0.3 is 28.4 Å². The number of hydrogen-bond donors (Lipinski definition) is 0. The van der Waals surface area contributed by atoms with E-state index in [1.807, 2.05) is 0 Å². The van der Waals surface area contributed by atoms with Crippen molar-refractivity contribution >= 4 is 97.0 Å². The molecule has 15 rings (SSSR count). The molecule has 0 saturated heterocycles. The fraction of sp³-hybridized carbons (Fsp3) is 0.129. The Balaban J connectivity index is 1.17. The molecule has 0 aliphatic heterocycles. The minimum absolute atomic E-state index is 0.0804. The predicted octanol–water partition coefficient (Wildman–Crippen LogP) is 15.1. The van der Waals surface area contributed by atoms with Gasteiger partial charge in [0.25, 0.3) is 0 Å². The molecule has 6 heteroatoms. The fourth-order valence-corrected chi connectivity index (χ4v) is 12.4. The molecule has 2 bridgehead atoms. The zero-order valence-electron chi connectivity index (χ0n) is 38.5. The molecule has 12 aromatic carbocycles. The minimum Gasteiger partial charge on any atom is -0.497 e. The van der Waals surface area contributed by atoms with Crippen molar-refractivity contribution in [1.29, 1.82) is 0 Å². The van der Waals surface area contributed by atoms with Crippen LogP contribution in [0.15, 0.2) is 146 Å². The van der Waals surface area contributed by atoms with Crippen LogP contribution in [0.3, 0.4) is 0 Å². The Hall–Kier alpha value is -8.22. The van der Waals surface area contributed by atoms with Gasteiger partial charge in [-0.1, -0.05) is 36.4 Å². The van der Waals surface area contributed by atoms with E-state index in [4.69, 9.17) is 28.4 Å². The van der Waals surface area contributed by atoms with Crippen molar-refractivity contribution in [2.24, 2.45) is 0 Å². The first-order valence-electron chi connectivity index (χ1n) is 23.0. The van der Waals surface area contributed by atoms with E-state index in [1.54, 1.807) is 42.7 Å². The summed E-state index contributed by atoms with van der Waals surface area (Å²) >= 11 is 0. The largest absolute Gasteiger partial charge is 0.497 e. The number of benzene rings is 12. The van der Waals surface area contributed by atoms with E-state index in [1.165, 1.54) is 98.0 Å². The Labute approximate surface area is 391 Å². The summed E-state index contributed by atoms with van der Waals surface area (Å²) in [5, 5.41) is 21.2. The molecule has 0 saturated carbocycles. The quantitative estimate of drug-likeness (QED) is 0.155. The molecule has 328 valence electrons. The van der Waals surface area contributed by atoms with Gasteiger partial charge in [0.1, 0.15) is 34.5 Å². The van der Waals surface area contributed by atoms with E-state index in [9.17, 15) is 0 Å². The lowest BCUT2D eigenvalue weighted by Crippen LogP contribution is -2.27. The summed E-state index contributed by atoms with van der Waals surface area (Å²) < 4.78 is 35.4. The van der Waals surface area contributed by atoms with Gasteiger partial charge in [-0.2, -0.15) is 0 Å². The smallest absolute Gasteiger partial charge is 0.119 e. The normalized spacial score (nSPS) is 14.9. The Kier molecular flexibility index (Phi) is 8.11. The zero-order valence-corrected chi connectivity index (χ0v) is 38.5. The van der Waals surface area contributed by atoms with Crippen molar-refractivity contribution in [2.45, 2.75) is 11.8 Å². The Bertz CT molecular complexity index is 3540. The summed E-state index contributed by atoms with van der Waals surface area (Å²) in [6, 6.07) is 53.9. The third kappa shape index (κ3) is 5.17. The van der Waals surface area contributed by atoms with Crippen LogP contribution in [0.4, 0.5) is 0 Å². The van der Waals surface area contributed by atoms with Crippen LogP contribution in [-0.2, 0) is 0 Å². The van der Waals surface area contributed by atoms with E-state index < -0.39 is 0 Å². The van der Waals surface area contributed by atoms with Crippen molar-refractivity contribution < 1.29 is 28.4 Å².